The topological polar surface area (TPSA) is 39.2 Å². The van der Waals surface area contributed by atoms with Crippen LogP contribution in [0.15, 0.2) is 12.3 Å². The number of pyridine rings is 1. The van der Waals surface area contributed by atoms with Gasteiger partial charge in [0, 0.05) is 0 Å². The van der Waals surface area contributed by atoms with Crippen LogP contribution in [0.3, 0.4) is 0 Å². The van der Waals surface area contributed by atoms with E-state index < -0.39 is 17.4 Å². The molecule has 5 heteroatoms. The fraction of sp³-hybridized carbons (Fsp3) is 0.455. The quantitative estimate of drug-likeness (QED) is 0.752. The Bertz CT molecular complexity index is 401. The van der Waals surface area contributed by atoms with E-state index in [1.54, 1.807) is 20.8 Å². The van der Waals surface area contributed by atoms with Gasteiger partial charge in [0.25, 0.3) is 0 Å². The number of hydrogen-bond donors (Lipinski definition) is 0. The van der Waals surface area contributed by atoms with Crippen LogP contribution in [0.4, 0.5) is 4.39 Å². The summed E-state index contributed by atoms with van der Waals surface area (Å²) < 4.78 is 17.8. The van der Waals surface area contributed by atoms with Crippen molar-refractivity contribution in [3.63, 3.8) is 0 Å². The zero-order valence-corrected chi connectivity index (χ0v) is 10.1. The molecule has 0 atom stereocenters. The van der Waals surface area contributed by atoms with Crippen molar-refractivity contribution in [1.29, 1.82) is 0 Å². The Labute approximate surface area is 98.6 Å². The molecule has 0 aliphatic heterocycles. The summed E-state index contributed by atoms with van der Waals surface area (Å²) in [5, 5.41) is 0.130. The van der Waals surface area contributed by atoms with E-state index in [2.05, 4.69) is 4.98 Å². The molecule has 0 unspecified atom stereocenters. The first-order valence-corrected chi connectivity index (χ1v) is 5.17. The first kappa shape index (κ1) is 12.9. The van der Waals surface area contributed by atoms with Gasteiger partial charge in [-0.2, -0.15) is 0 Å². The molecule has 1 rings (SSSR count). The maximum Gasteiger partial charge on any atom is 0.312 e. The first-order chi connectivity index (χ1) is 7.28. The lowest BCUT2D eigenvalue weighted by atomic mass is 10.2. The Kier molecular flexibility index (Phi) is 3.86. The Morgan fingerprint density at radius 3 is 2.69 bits per heavy atom. The Hall–Kier alpha value is -1.16. The molecule has 0 N–H and O–H groups in total. The van der Waals surface area contributed by atoms with Crippen LogP contribution in [-0.4, -0.2) is 16.6 Å². The van der Waals surface area contributed by atoms with Crippen molar-refractivity contribution < 1.29 is 13.9 Å². The van der Waals surface area contributed by atoms with Crippen molar-refractivity contribution in [1.82, 2.24) is 4.98 Å². The van der Waals surface area contributed by atoms with Gasteiger partial charge >= 0.3 is 5.97 Å². The minimum Gasteiger partial charge on any atom is -0.460 e. The average molecular weight is 246 g/mol. The van der Waals surface area contributed by atoms with Crippen LogP contribution >= 0.6 is 11.6 Å². The predicted molar refractivity (Wildman–Crippen MR) is 58.8 cm³/mol. The first-order valence-electron chi connectivity index (χ1n) is 4.80. The summed E-state index contributed by atoms with van der Waals surface area (Å²) in [7, 11) is 0. The minimum absolute atomic E-state index is 0.0591. The van der Waals surface area contributed by atoms with Crippen molar-refractivity contribution in [3.05, 3.63) is 28.8 Å². The van der Waals surface area contributed by atoms with Gasteiger partial charge in [-0.05, 0) is 26.8 Å². The van der Waals surface area contributed by atoms with Crippen LogP contribution in [0.1, 0.15) is 26.5 Å². The number of aromatic nitrogens is 1. The SMILES string of the molecule is CC(C)(C)OC(=O)Cc1ncc(F)cc1Cl. The lowest BCUT2D eigenvalue weighted by Crippen LogP contribution is -2.25. The van der Waals surface area contributed by atoms with E-state index in [1.165, 1.54) is 0 Å². The Morgan fingerprint density at radius 2 is 2.19 bits per heavy atom. The third-order valence-electron chi connectivity index (χ3n) is 1.62. The summed E-state index contributed by atoms with van der Waals surface area (Å²) in [4.78, 5) is 15.2. The highest BCUT2D eigenvalue weighted by atomic mass is 35.5. The monoisotopic (exact) mass is 245 g/mol. The number of halogens is 2. The number of rotatable bonds is 2. The van der Waals surface area contributed by atoms with E-state index in [0.29, 0.717) is 5.69 Å². The summed E-state index contributed by atoms with van der Waals surface area (Å²) >= 11 is 5.73. The molecule has 0 bridgehead atoms. The zero-order valence-electron chi connectivity index (χ0n) is 9.38. The number of carbonyl (C=O) groups is 1. The molecule has 0 spiro atoms. The molecule has 0 fully saturated rings. The third-order valence-corrected chi connectivity index (χ3v) is 1.94. The molecule has 3 nitrogen and oxygen atoms in total. The van der Waals surface area contributed by atoms with Gasteiger partial charge in [-0.15, -0.1) is 0 Å². The second kappa shape index (κ2) is 4.78. The molecule has 0 aliphatic rings. The summed E-state index contributed by atoms with van der Waals surface area (Å²) in [6.45, 7) is 5.31. The van der Waals surface area contributed by atoms with Crippen LogP contribution in [0.25, 0.3) is 0 Å². The molecular formula is C11H13ClFNO2. The van der Waals surface area contributed by atoms with Gasteiger partial charge in [-0.1, -0.05) is 11.6 Å². The molecule has 0 amide bonds. The maximum atomic E-state index is 12.7. The lowest BCUT2D eigenvalue weighted by molar-refractivity contribution is -0.153. The van der Waals surface area contributed by atoms with Crippen molar-refractivity contribution >= 4 is 17.6 Å². The van der Waals surface area contributed by atoms with E-state index >= 15 is 0 Å². The molecule has 16 heavy (non-hydrogen) atoms. The highest BCUT2D eigenvalue weighted by Gasteiger charge is 2.18. The molecule has 1 heterocycles. The van der Waals surface area contributed by atoms with Gasteiger partial charge in [0.1, 0.15) is 11.4 Å². The molecule has 0 aliphatic carbocycles. The van der Waals surface area contributed by atoms with E-state index in [0.717, 1.165) is 12.3 Å². The van der Waals surface area contributed by atoms with Gasteiger partial charge in [0.05, 0.1) is 23.3 Å². The van der Waals surface area contributed by atoms with E-state index in [4.69, 9.17) is 16.3 Å². The minimum atomic E-state index is -0.552. The van der Waals surface area contributed by atoms with Crippen molar-refractivity contribution in [2.75, 3.05) is 0 Å². The summed E-state index contributed by atoms with van der Waals surface area (Å²) in [5.74, 6) is -0.966. The molecule has 0 saturated carbocycles. The van der Waals surface area contributed by atoms with Gasteiger partial charge in [0.15, 0.2) is 0 Å². The van der Waals surface area contributed by atoms with E-state index in [1.807, 2.05) is 0 Å². The van der Waals surface area contributed by atoms with Crippen LogP contribution in [0.5, 0.6) is 0 Å². The molecule has 1 aromatic rings. The molecular weight excluding hydrogens is 233 g/mol. The normalized spacial score (nSPS) is 11.3. The second-order valence-electron chi connectivity index (χ2n) is 4.35. The van der Waals surface area contributed by atoms with Crippen molar-refractivity contribution in [2.45, 2.75) is 32.8 Å². The molecule has 0 radical (unpaired) electrons. The van der Waals surface area contributed by atoms with Gasteiger partial charge in [-0.25, -0.2) is 4.39 Å². The second-order valence-corrected chi connectivity index (χ2v) is 4.75. The molecule has 0 aromatic carbocycles. The molecule has 1 aromatic heterocycles. The third kappa shape index (κ3) is 4.14. The maximum absolute atomic E-state index is 12.7. The predicted octanol–water partition coefficient (Wildman–Crippen LogP) is 2.76. The average Bonchev–Trinajstić information content (AvgIpc) is 2.06. The number of ether oxygens (including phenoxy) is 1. The fourth-order valence-electron chi connectivity index (χ4n) is 1.09. The van der Waals surface area contributed by atoms with Crippen LogP contribution < -0.4 is 0 Å². The number of esters is 1. The summed E-state index contributed by atoms with van der Waals surface area (Å²) in [6.07, 6.45) is 0.960. The largest absolute Gasteiger partial charge is 0.460 e. The summed E-state index contributed by atoms with van der Waals surface area (Å²) in [5.41, 5.74) is -0.235. The van der Waals surface area contributed by atoms with Crippen molar-refractivity contribution in [2.24, 2.45) is 0 Å². The number of nitrogens with zero attached hydrogens (tertiary/aromatic N) is 1. The van der Waals surface area contributed by atoms with Crippen LogP contribution in [-0.2, 0) is 16.0 Å². The highest BCUT2D eigenvalue weighted by molar-refractivity contribution is 6.31. The Morgan fingerprint density at radius 1 is 1.56 bits per heavy atom. The standard InChI is InChI=1S/C11H13ClFNO2/c1-11(2,3)16-10(15)5-9-8(12)4-7(13)6-14-9/h4,6H,5H2,1-3H3. The smallest absolute Gasteiger partial charge is 0.312 e. The van der Waals surface area contributed by atoms with Gasteiger partial charge in [-0.3, -0.25) is 9.78 Å². The number of carbonyl (C=O) groups excluding carboxylic acids is 1. The number of hydrogen-bond acceptors (Lipinski definition) is 3. The van der Waals surface area contributed by atoms with Crippen LogP contribution in [0, 0.1) is 5.82 Å². The fourth-order valence-corrected chi connectivity index (χ4v) is 1.31. The lowest BCUT2D eigenvalue weighted by Gasteiger charge is -2.19. The van der Waals surface area contributed by atoms with Crippen LogP contribution in [0.2, 0.25) is 5.02 Å². The zero-order chi connectivity index (χ0) is 12.3. The van der Waals surface area contributed by atoms with Gasteiger partial charge < -0.3 is 4.74 Å². The van der Waals surface area contributed by atoms with Crippen molar-refractivity contribution in [3.8, 4) is 0 Å². The van der Waals surface area contributed by atoms with E-state index in [-0.39, 0.29) is 11.4 Å². The highest BCUT2D eigenvalue weighted by Crippen LogP contribution is 2.16. The van der Waals surface area contributed by atoms with E-state index in [9.17, 15) is 9.18 Å². The Balaban J connectivity index is 2.70. The molecule has 88 valence electrons. The van der Waals surface area contributed by atoms with Gasteiger partial charge in [0.2, 0.25) is 0 Å². The molecule has 0 saturated heterocycles. The summed E-state index contributed by atoms with van der Waals surface area (Å²) in [6, 6.07) is 1.12.